The summed E-state index contributed by atoms with van der Waals surface area (Å²) < 4.78 is 0. The van der Waals surface area contributed by atoms with Crippen LogP contribution < -0.4 is 0 Å². The molecule has 0 spiro atoms. The molecular weight excluding hydrogens is 234 g/mol. The maximum absolute atomic E-state index is 8.99. The molecule has 1 saturated heterocycles. The van der Waals surface area contributed by atoms with Crippen LogP contribution in [0.25, 0.3) is 0 Å². The van der Waals surface area contributed by atoms with E-state index in [9.17, 15) is 0 Å². The summed E-state index contributed by atoms with van der Waals surface area (Å²) in [6.45, 7) is 3.02. The van der Waals surface area contributed by atoms with E-state index < -0.39 is 5.92 Å². The molecule has 19 heavy (non-hydrogen) atoms. The molecule has 3 nitrogen and oxygen atoms in total. The van der Waals surface area contributed by atoms with Crippen LogP contribution in [0.1, 0.15) is 24.8 Å². The van der Waals surface area contributed by atoms with Crippen LogP contribution >= 0.6 is 0 Å². The maximum atomic E-state index is 8.99. The summed E-state index contributed by atoms with van der Waals surface area (Å²) in [4.78, 5) is 2.43. The summed E-state index contributed by atoms with van der Waals surface area (Å²) in [5, 5.41) is 18.0. The number of nitrogens with zero attached hydrogens (tertiary/aromatic N) is 3. The van der Waals surface area contributed by atoms with Gasteiger partial charge in [-0.25, -0.2) is 0 Å². The first-order valence-corrected chi connectivity index (χ1v) is 6.89. The van der Waals surface area contributed by atoms with Crippen LogP contribution in [0.5, 0.6) is 0 Å². The second-order valence-corrected chi connectivity index (χ2v) is 5.19. The molecule has 1 atom stereocenters. The lowest BCUT2D eigenvalue weighted by molar-refractivity contribution is 0.270. The van der Waals surface area contributed by atoms with Crippen molar-refractivity contribution in [3.05, 3.63) is 35.9 Å². The average molecular weight is 253 g/mol. The molecule has 2 rings (SSSR count). The zero-order valence-corrected chi connectivity index (χ0v) is 11.1. The lowest BCUT2D eigenvalue weighted by Crippen LogP contribution is -2.24. The largest absolute Gasteiger partial charge is 0.299 e. The van der Waals surface area contributed by atoms with Crippen molar-refractivity contribution in [2.24, 2.45) is 11.8 Å². The molecule has 1 aliphatic heterocycles. The van der Waals surface area contributed by atoms with Crippen molar-refractivity contribution in [1.82, 2.24) is 4.90 Å². The van der Waals surface area contributed by atoms with Crippen LogP contribution in [-0.2, 0) is 6.54 Å². The molecule has 1 heterocycles. The highest BCUT2D eigenvalue weighted by atomic mass is 15.1. The number of hydrogen-bond donors (Lipinski definition) is 0. The van der Waals surface area contributed by atoms with E-state index in [4.69, 9.17) is 10.5 Å². The van der Waals surface area contributed by atoms with Crippen LogP contribution in [0.4, 0.5) is 0 Å². The van der Waals surface area contributed by atoms with Gasteiger partial charge in [-0.3, -0.25) is 4.90 Å². The summed E-state index contributed by atoms with van der Waals surface area (Å²) in [7, 11) is 0. The average Bonchev–Trinajstić information content (AvgIpc) is 2.68. The molecule has 0 N–H and O–H groups in total. The Morgan fingerprint density at radius 1 is 1.11 bits per heavy atom. The summed E-state index contributed by atoms with van der Waals surface area (Å²) in [5.41, 5.74) is 1.33. The minimum absolute atomic E-state index is 0.246. The molecule has 1 aromatic rings. The lowest BCUT2D eigenvalue weighted by Gasteiger charge is -2.20. The van der Waals surface area contributed by atoms with Crippen LogP contribution in [0.3, 0.4) is 0 Å². The monoisotopic (exact) mass is 253 g/mol. The van der Waals surface area contributed by atoms with E-state index in [1.165, 1.54) is 5.56 Å². The van der Waals surface area contributed by atoms with Gasteiger partial charge in [0.1, 0.15) is 5.92 Å². The Morgan fingerprint density at radius 2 is 1.84 bits per heavy atom. The van der Waals surface area contributed by atoms with Gasteiger partial charge in [-0.2, -0.15) is 10.5 Å². The van der Waals surface area contributed by atoms with Crippen LogP contribution in [0.15, 0.2) is 30.3 Å². The molecule has 0 saturated carbocycles. The molecule has 98 valence electrons. The summed E-state index contributed by atoms with van der Waals surface area (Å²) in [6, 6.07) is 14.7. The Balaban J connectivity index is 1.91. The molecule has 0 amide bonds. The van der Waals surface area contributed by atoms with E-state index >= 15 is 0 Å². The van der Waals surface area contributed by atoms with Gasteiger partial charge in [-0.1, -0.05) is 30.3 Å². The molecule has 0 bridgehead atoms. The van der Waals surface area contributed by atoms with Gasteiger partial charge in [0.25, 0.3) is 0 Å². The van der Waals surface area contributed by atoms with E-state index in [2.05, 4.69) is 41.3 Å². The molecule has 0 aliphatic carbocycles. The normalized spacial score (nSPS) is 20.5. The molecule has 1 unspecified atom stereocenters. The third kappa shape index (κ3) is 3.81. The SMILES string of the molecule is N#CC(C#N)C1CCCN(Cc2ccccc2)CC1. The van der Waals surface area contributed by atoms with Crippen molar-refractivity contribution >= 4 is 0 Å². The van der Waals surface area contributed by atoms with Gasteiger partial charge in [0.2, 0.25) is 0 Å². The minimum Gasteiger partial charge on any atom is -0.299 e. The molecule has 3 heteroatoms. The molecular formula is C16H19N3. The Bertz CT molecular complexity index is 455. The third-order valence-corrected chi connectivity index (χ3v) is 3.86. The van der Waals surface area contributed by atoms with Crippen LogP contribution in [-0.4, -0.2) is 18.0 Å². The number of rotatable bonds is 3. The molecule has 1 aromatic carbocycles. The van der Waals surface area contributed by atoms with Crippen molar-refractivity contribution in [2.75, 3.05) is 13.1 Å². The van der Waals surface area contributed by atoms with Gasteiger partial charge in [-0.15, -0.1) is 0 Å². The fraction of sp³-hybridized carbons (Fsp3) is 0.500. The summed E-state index contributed by atoms with van der Waals surface area (Å²) in [5.74, 6) is -0.188. The van der Waals surface area contributed by atoms with E-state index in [0.29, 0.717) is 0 Å². The van der Waals surface area contributed by atoms with Crippen molar-refractivity contribution in [1.29, 1.82) is 10.5 Å². The Hall–Kier alpha value is -1.84. The van der Waals surface area contributed by atoms with Crippen molar-refractivity contribution in [2.45, 2.75) is 25.8 Å². The van der Waals surface area contributed by atoms with Crippen molar-refractivity contribution < 1.29 is 0 Å². The van der Waals surface area contributed by atoms with Gasteiger partial charge in [-0.05, 0) is 43.8 Å². The van der Waals surface area contributed by atoms with Crippen molar-refractivity contribution in [3.8, 4) is 12.1 Å². The van der Waals surface area contributed by atoms with E-state index in [0.717, 1.165) is 38.9 Å². The number of benzene rings is 1. The fourth-order valence-corrected chi connectivity index (χ4v) is 2.75. The molecule has 1 fully saturated rings. The Labute approximate surface area is 115 Å². The van der Waals surface area contributed by atoms with Gasteiger partial charge in [0, 0.05) is 6.54 Å². The number of hydrogen-bond acceptors (Lipinski definition) is 3. The Morgan fingerprint density at radius 3 is 2.53 bits per heavy atom. The predicted molar refractivity (Wildman–Crippen MR) is 73.8 cm³/mol. The number of nitriles is 2. The smallest absolute Gasteiger partial charge is 0.136 e. The van der Waals surface area contributed by atoms with Gasteiger partial charge < -0.3 is 0 Å². The summed E-state index contributed by atoms with van der Waals surface area (Å²) in [6.07, 6.45) is 3.03. The van der Waals surface area contributed by atoms with E-state index in [-0.39, 0.29) is 5.92 Å². The first-order chi connectivity index (χ1) is 9.33. The van der Waals surface area contributed by atoms with E-state index in [1.54, 1.807) is 0 Å². The van der Waals surface area contributed by atoms with Crippen molar-refractivity contribution in [3.63, 3.8) is 0 Å². The van der Waals surface area contributed by atoms with E-state index in [1.807, 2.05) is 6.07 Å². The van der Waals surface area contributed by atoms with Gasteiger partial charge >= 0.3 is 0 Å². The highest BCUT2D eigenvalue weighted by molar-refractivity contribution is 5.14. The zero-order valence-electron chi connectivity index (χ0n) is 11.1. The standard InChI is InChI=1S/C16H19N3/c17-11-16(12-18)15-7-4-9-19(10-8-15)13-14-5-2-1-3-6-14/h1-3,5-6,15-16H,4,7-10,13H2. The van der Waals surface area contributed by atoms with Crippen LogP contribution in [0.2, 0.25) is 0 Å². The Kier molecular flexibility index (Phi) is 4.95. The molecule has 0 radical (unpaired) electrons. The predicted octanol–water partition coefficient (Wildman–Crippen LogP) is 2.95. The lowest BCUT2D eigenvalue weighted by atomic mass is 9.88. The highest BCUT2D eigenvalue weighted by Crippen LogP contribution is 2.25. The van der Waals surface area contributed by atoms with Gasteiger partial charge in [0.15, 0.2) is 0 Å². The van der Waals surface area contributed by atoms with Gasteiger partial charge in [0.05, 0.1) is 12.1 Å². The topological polar surface area (TPSA) is 50.8 Å². The first kappa shape index (κ1) is 13.6. The fourth-order valence-electron chi connectivity index (χ4n) is 2.75. The minimum atomic E-state index is -0.434. The third-order valence-electron chi connectivity index (χ3n) is 3.86. The first-order valence-electron chi connectivity index (χ1n) is 6.89. The number of likely N-dealkylation sites (tertiary alicyclic amines) is 1. The molecule has 0 aromatic heterocycles. The summed E-state index contributed by atoms with van der Waals surface area (Å²) >= 11 is 0. The zero-order chi connectivity index (χ0) is 13.5. The second-order valence-electron chi connectivity index (χ2n) is 5.19. The van der Waals surface area contributed by atoms with Crippen LogP contribution in [0, 0.1) is 34.5 Å². The quantitative estimate of drug-likeness (QED) is 0.832. The maximum Gasteiger partial charge on any atom is 0.136 e. The molecule has 1 aliphatic rings. The highest BCUT2D eigenvalue weighted by Gasteiger charge is 2.24. The second kappa shape index (κ2) is 6.92.